The summed E-state index contributed by atoms with van der Waals surface area (Å²) in [5.74, 6) is -0.507. The van der Waals surface area contributed by atoms with Gasteiger partial charge in [-0.25, -0.2) is 4.79 Å². The Morgan fingerprint density at radius 2 is 2.11 bits per heavy atom. The second kappa shape index (κ2) is 5.36. The Hall–Kier alpha value is -1.94. The zero-order valence-corrected chi connectivity index (χ0v) is 11.4. The third kappa shape index (κ3) is 3.09. The largest absolute Gasteiger partial charge is 0.475 e. The number of carboxylic acid groups (broad SMARTS) is 1. The standard InChI is InChI=1S/C14H14ClNO3/c1-8-3-4-11(6-12(8)15)16-7-10-5-13(14(17)18)19-9(10)2/h3-6,16H,7H2,1-2H3,(H,17,18). The monoisotopic (exact) mass is 279 g/mol. The Bertz CT molecular complexity index is 619. The van der Waals surface area contributed by atoms with Crippen molar-refractivity contribution in [3.05, 3.63) is 51.9 Å². The third-order valence-corrected chi connectivity index (χ3v) is 3.29. The highest BCUT2D eigenvalue weighted by atomic mass is 35.5. The molecule has 4 nitrogen and oxygen atoms in total. The summed E-state index contributed by atoms with van der Waals surface area (Å²) in [5.41, 5.74) is 2.71. The van der Waals surface area contributed by atoms with Crippen LogP contribution in [0.1, 0.15) is 27.4 Å². The molecule has 100 valence electrons. The highest BCUT2D eigenvalue weighted by molar-refractivity contribution is 6.31. The van der Waals surface area contributed by atoms with E-state index < -0.39 is 5.97 Å². The fraction of sp³-hybridized carbons (Fsp3) is 0.214. The van der Waals surface area contributed by atoms with Gasteiger partial charge in [-0.1, -0.05) is 17.7 Å². The number of furan rings is 1. The van der Waals surface area contributed by atoms with Crippen LogP contribution in [0.15, 0.2) is 28.7 Å². The predicted octanol–water partition coefficient (Wildman–Crippen LogP) is 3.86. The van der Waals surface area contributed by atoms with E-state index in [0.29, 0.717) is 17.3 Å². The number of aromatic carboxylic acids is 1. The van der Waals surface area contributed by atoms with E-state index in [0.717, 1.165) is 16.8 Å². The first-order chi connectivity index (χ1) is 8.97. The van der Waals surface area contributed by atoms with Gasteiger partial charge in [0, 0.05) is 22.8 Å². The molecule has 2 rings (SSSR count). The fourth-order valence-corrected chi connectivity index (χ4v) is 1.88. The first-order valence-corrected chi connectivity index (χ1v) is 6.18. The number of carbonyl (C=O) groups is 1. The zero-order valence-electron chi connectivity index (χ0n) is 10.7. The molecule has 2 N–H and O–H groups in total. The molecule has 1 heterocycles. The van der Waals surface area contributed by atoms with Crippen molar-refractivity contribution in [2.45, 2.75) is 20.4 Å². The van der Waals surface area contributed by atoms with Gasteiger partial charge in [0.15, 0.2) is 0 Å². The van der Waals surface area contributed by atoms with E-state index in [2.05, 4.69) is 5.32 Å². The molecule has 0 unspecified atom stereocenters. The van der Waals surface area contributed by atoms with E-state index in [1.807, 2.05) is 25.1 Å². The van der Waals surface area contributed by atoms with Crippen LogP contribution < -0.4 is 5.32 Å². The van der Waals surface area contributed by atoms with Gasteiger partial charge in [-0.3, -0.25) is 0 Å². The summed E-state index contributed by atoms with van der Waals surface area (Å²) in [5, 5.41) is 12.7. The SMILES string of the molecule is Cc1ccc(NCc2cc(C(=O)O)oc2C)cc1Cl. The number of carboxylic acids is 1. The lowest BCUT2D eigenvalue weighted by molar-refractivity contribution is 0.0661. The maximum absolute atomic E-state index is 10.8. The summed E-state index contributed by atoms with van der Waals surface area (Å²) in [6.07, 6.45) is 0. The molecular formula is C14H14ClNO3. The van der Waals surface area contributed by atoms with Crippen molar-refractivity contribution in [1.82, 2.24) is 0 Å². The average molecular weight is 280 g/mol. The van der Waals surface area contributed by atoms with Crippen molar-refractivity contribution in [2.24, 2.45) is 0 Å². The van der Waals surface area contributed by atoms with Crippen molar-refractivity contribution in [1.29, 1.82) is 0 Å². The molecule has 1 aromatic heterocycles. The van der Waals surface area contributed by atoms with Crippen LogP contribution in [-0.4, -0.2) is 11.1 Å². The van der Waals surface area contributed by atoms with Gasteiger partial charge in [0.1, 0.15) is 5.76 Å². The number of anilines is 1. The summed E-state index contributed by atoms with van der Waals surface area (Å²) in [4.78, 5) is 10.8. The van der Waals surface area contributed by atoms with Gasteiger partial charge in [-0.15, -0.1) is 0 Å². The molecule has 0 spiro atoms. The number of hydrogen-bond donors (Lipinski definition) is 2. The fourth-order valence-electron chi connectivity index (χ4n) is 1.70. The molecule has 1 aromatic carbocycles. The lowest BCUT2D eigenvalue weighted by Gasteiger charge is -2.07. The van der Waals surface area contributed by atoms with Gasteiger partial charge in [0.2, 0.25) is 5.76 Å². The highest BCUT2D eigenvalue weighted by Gasteiger charge is 2.12. The molecule has 0 radical (unpaired) electrons. The van der Waals surface area contributed by atoms with Crippen LogP contribution in [0.4, 0.5) is 5.69 Å². The Labute approximate surface area is 116 Å². The molecule has 0 saturated carbocycles. The highest BCUT2D eigenvalue weighted by Crippen LogP contribution is 2.21. The summed E-state index contributed by atoms with van der Waals surface area (Å²) in [7, 11) is 0. The summed E-state index contributed by atoms with van der Waals surface area (Å²) >= 11 is 6.04. The number of rotatable bonds is 4. The predicted molar refractivity (Wildman–Crippen MR) is 73.9 cm³/mol. The molecule has 0 bridgehead atoms. The van der Waals surface area contributed by atoms with Gasteiger partial charge in [-0.05, 0) is 37.6 Å². The van der Waals surface area contributed by atoms with Gasteiger partial charge in [0.05, 0.1) is 0 Å². The van der Waals surface area contributed by atoms with Crippen molar-refractivity contribution in [3.63, 3.8) is 0 Å². The van der Waals surface area contributed by atoms with Crippen LogP contribution >= 0.6 is 11.6 Å². The van der Waals surface area contributed by atoms with Crippen LogP contribution in [0.25, 0.3) is 0 Å². The van der Waals surface area contributed by atoms with Gasteiger partial charge >= 0.3 is 5.97 Å². The summed E-state index contributed by atoms with van der Waals surface area (Å²) in [6, 6.07) is 7.22. The van der Waals surface area contributed by atoms with E-state index in [-0.39, 0.29) is 5.76 Å². The normalized spacial score (nSPS) is 10.5. The van der Waals surface area contributed by atoms with Crippen molar-refractivity contribution < 1.29 is 14.3 Å². The average Bonchev–Trinajstić information content (AvgIpc) is 2.73. The number of benzene rings is 1. The number of nitrogens with one attached hydrogen (secondary N) is 1. The number of hydrogen-bond acceptors (Lipinski definition) is 3. The molecule has 0 amide bonds. The van der Waals surface area contributed by atoms with Crippen molar-refractivity contribution >= 4 is 23.3 Å². The van der Waals surface area contributed by atoms with Crippen LogP contribution in [0.5, 0.6) is 0 Å². The van der Waals surface area contributed by atoms with E-state index in [1.54, 1.807) is 6.92 Å². The molecule has 5 heteroatoms. The Balaban J connectivity index is 2.09. The summed E-state index contributed by atoms with van der Waals surface area (Å²) in [6.45, 7) is 4.17. The topological polar surface area (TPSA) is 62.5 Å². The maximum Gasteiger partial charge on any atom is 0.371 e. The Morgan fingerprint density at radius 1 is 1.37 bits per heavy atom. The second-order valence-corrected chi connectivity index (χ2v) is 4.72. The molecule has 0 fully saturated rings. The number of halogens is 1. The minimum absolute atomic E-state index is 0.0451. The van der Waals surface area contributed by atoms with Gasteiger partial charge in [0.25, 0.3) is 0 Å². The van der Waals surface area contributed by atoms with E-state index >= 15 is 0 Å². The summed E-state index contributed by atoms with van der Waals surface area (Å²) < 4.78 is 5.14. The van der Waals surface area contributed by atoms with Crippen LogP contribution in [-0.2, 0) is 6.54 Å². The van der Waals surface area contributed by atoms with E-state index in [4.69, 9.17) is 21.1 Å². The van der Waals surface area contributed by atoms with Gasteiger partial charge < -0.3 is 14.8 Å². The smallest absolute Gasteiger partial charge is 0.371 e. The minimum Gasteiger partial charge on any atom is -0.475 e. The first kappa shape index (κ1) is 13.5. The van der Waals surface area contributed by atoms with Crippen molar-refractivity contribution in [3.8, 4) is 0 Å². The molecule has 0 saturated heterocycles. The van der Waals surface area contributed by atoms with E-state index in [9.17, 15) is 4.79 Å². The molecule has 0 aliphatic rings. The minimum atomic E-state index is -1.06. The van der Waals surface area contributed by atoms with Crippen molar-refractivity contribution in [2.75, 3.05) is 5.32 Å². The molecule has 0 atom stereocenters. The van der Waals surface area contributed by atoms with E-state index in [1.165, 1.54) is 6.07 Å². The number of aryl methyl sites for hydroxylation is 2. The van der Waals surface area contributed by atoms with Gasteiger partial charge in [-0.2, -0.15) is 0 Å². The molecule has 19 heavy (non-hydrogen) atoms. The van der Waals surface area contributed by atoms with Crippen LogP contribution in [0.2, 0.25) is 5.02 Å². The van der Waals surface area contributed by atoms with Crippen LogP contribution in [0.3, 0.4) is 0 Å². The second-order valence-electron chi connectivity index (χ2n) is 4.31. The Morgan fingerprint density at radius 3 is 2.68 bits per heavy atom. The molecule has 0 aliphatic heterocycles. The maximum atomic E-state index is 10.8. The third-order valence-electron chi connectivity index (χ3n) is 2.89. The zero-order chi connectivity index (χ0) is 14.0. The molecular weight excluding hydrogens is 266 g/mol. The molecule has 0 aliphatic carbocycles. The lowest BCUT2D eigenvalue weighted by Crippen LogP contribution is -1.99. The first-order valence-electron chi connectivity index (χ1n) is 5.80. The quantitative estimate of drug-likeness (QED) is 0.892. The molecule has 2 aromatic rings. The Kier molecular flexibility index (Phi) is 3.81. The van der Waals surface area contributed by atoms with Crippen LogP contribution in [0, 0.1) is 13.8 Å². The lowest BCUT2D eigenvalue weighted by atomic mass is 10.2.